The molecule has 0 aromatic heterocycles. The summed E-state index contributed by atoms with van der Waals surface area (Å²) >= 11 is 0. The second kappa shape index (κ2) is 5.87. The topological polar surface area (TPSA) is 55.5 Å². The van der Waals surface area contributed by atoms with E-state index in [9.17, 15) is 5.11 Å². The molecule has 1 aromatic carbocycles. The van der Waals surface area contributed by atoms with E-state index in [0.717, 1.165) is 12.2 Å². The number of methoxy groups -OCH3 is 1. The number of aliphatic hydroxyl groups is 1. The lowest BCUT2D eigenvalue weighted by atomic mass is 9.97. The van der Waals surface area contributed by atoms with Crippen molar-refractivity contribution < 1.29 is 9.84 Å². The number of rotatable bonds is 5. The predicted octanol–water partition coefficient (Wildman–Crippen LogP) is 1.56. The maximum atomic E-state index is 9.43. The minimum atomic E-state index is -0.401. The van der Waals surface area contributed by atoms with Gasteiger partial charge in [0.15, 0.2) is 0 Å². The van der Waals surface area contributed by atoms with Crippen LogP contribution in [0.1, 0.15) is 23.1 Å². The van der Waals surface area contributed by atoms with Gasteiger partial charge in [-0.15, -0.1) is 0 Å². The summed E-state index contributed by atoms with van der Waals surface area (Å²) in [6, 6.07) is 4.04. The van der Waals surface area contributed by atoms with Crippen LogP contribution in [-0.4, -0.2) is 24.9 Å². The van der Waals surface area contributed by atoms with Gasteiger partial charge in [0.1, 0.15) is 5.75 Å². The fraction of sp³-hybridized carbons (Fsp3) is 0.538. The molecule has 0 heterocycles. The molecule has 0 spiro atoms. The van der Waals surface area contributed by atoms with E-state index in [1.165, 1.54) is 16.7 Å². The number of nitrogens with two attached hydrogens (primary N) is 1. The highest BCUT2D eigenvalue weighted by atomic mass is 16.5. The third-order valence-electron chi connectivity index (χ3n) is 3.09. The first-order chi connectivity index (χ1) is 7.60. The minimum absolute atomic E-state index is 0.328. The Balaban J connectivity index is 2.78. The molecule has 0 aliphatic heterocycles. The summed E-state index contributed by atoms with van der Waals surface area (Å²) in [5.74, 6) is 0.917. The summed E-state index contributed by atoms with van der Waals surface area (Å²) in [6.07, 6.45) is 1.17. The summed E-state index contributed by atoms with van der Waals surface area (Å²) in [5.41, 5.74) is 9.04. The van der Waals surface area contributed by atoms with Gasteiger partial charge in [-0.1, -0.05) is 6.07 Å². The number of aryl methyl sites for hydroxylation is 1. The highest BCUT2D eigenvalue weighted by Crippen LogP contribution is 2.24. The Morgan fingerprint density at radius 3 is 2.56 bits per heavy atom. The summed E-state index contributed by atoms with van der Waals surface area (Å²) < 4.78 is 5.26. The van der Waals surface area contributed by atoms with Gasteiger partial charge >= 0.3 is 0 Å². The van der Waals surface area contributed by atoms with Crippen LogP contribution in [0.3, 0.4) is 0 Å². The summed E-state index contributed by atoms with van der Waals surface area (Å²) in [6.45, 7) is 4.47. The fourth-order valence-corrected chi connectivity index (χ4v) is 1.78. The molecule has 1 unspecified atom stereocenters. The van der Waals surface area contributed by atoms with Gasteiger partial charge < -0.3 is 15.6 Å². The van der Waals surface area contributed by atoms with Crippen molar-refractivity contribution in [3.05, 3.63) is 28.8 Å². The molecule has 3 nitrogen and oxygen atoms in total. The Bertz CT molecular complexity index is 350. The molecule has 0 aliphatic carbocycles. The van der Waals surface area contributed by atoms with Gasteiger partial charge in [-0.2, -0.15) is 0 Å². The van der Waals surface area contributed by atoms with Gasteiger partial charge in [-0.05, 0) is 49.4 Å². The Hall–Kier alpha value is -1.06. The lowest BCUT2D eigenvalue weighted by Crippen LogP contribution is -2.20. The molecule has 3 heteroatoms. The van der Waals surface area contributed by atoms with Gasteiger partial charge in [0, 0.05) is 6.54 Å². The van der Waals surface area contributed by atoms with Crippen molar-refractivity contribution in [2.24, 2.45) is 5.73 Å². The zero-order valence-electron chi connectivity index (χ0n) is 10.3. The van der Waals surface area contributed by atoms with E-state index in [0.29, 0.717) is 13.0 Å². The number of hydrogen-bond donors (Lipinski definition) is 2. The van der Waals surface area contributed by atoms with Crippen molar-refractivity contribution in [2.75, 3.05) is 13.7 Å². The molecule has 1 rings (SSSR count). The first kappa shape index (κ1) is 13.0. The monoisotopic (exact) mass is 223 g/mol. The third kappa shape index (κ3) is 2.97. The van der Waals surface area contributed by atoms with Crippen LogP contribution >= 0.6 is 0 Å². The molecule has 0 aliphatic rings. The molecular weight excluding hydrogens is 202 g/mol. The molecule has 0 saturated carbocycles. The first-order valence-electron chi connectivity index (χ1n) is 5.61. The predicted molar refractivity (Wildman–Crippen MR) is 65.9 cm³/mol. The van der Waals surface area contributed by atoms with E-state index in [1.807, 2.05) is 6.07 Å². The molecule has 90 valence electrons. The van der Waals surface area contributed by atoms with Gasteiger partial charge in [-0.3, -0.25) is 0 Å². The van der Waals surface area contributed by atoms with Crippen molar-refractivity contribution in [1.82, 2.24) is 0 Å². The molecule has 0 radical (unpaired) electrons. The van der Waals surface area contributed by atoms with Gasteiger partial charge in [-0.25, -0.2) is 0 Å². The Labute approximate surface area is 97.2 Å². The third-order valence-corrected chi connectivity index (χ3v) is 3.09. The van der Waals surface area contributed by atoms with Crippen molar-refractivity contribution in [3.63, 3.8) is 0 Å². The highest BCUT2D eigenvalue weighted by Gasteiger charge is 2.08. The summed E-state index contributed by atoms with van der Waals surface area (Å²) in [5, 5.41) is 9.43. The first-order valence-corrected chi connectivity index (χ1v) is 5.61. The van der Waals surface area contributed by atoms with Crippen molar-refractivity contribution in [2.45, 2.75) is 32.8 Å². The molecule has 0 saturated heterocycles. The van der Waals surface area contributed by atoms with Crippen LogP contribution in [0.2, 0.25) is 0 Å². The standard InChI is InChI=1S/C13H21NO2/c1-9-10(2)13(16-3)7-5-11(9)4-6-12(15)8-14/h5,7,12,15H,4,6,8,14H2,1-3H3. The number of benzene rings is 1. The highest BCUT2D eigenvalue weighted by molar-refractivity contribution is 5.43. The number of ether oxygens (including phenoxy) is 1. The smallest absolute Gasteiger partial charge is 0.122 e. The van der Waals surface area contributed by atoms with E-state index >= 15 is 0 Å². The quantitative estimate of drug-likeness (QED) is 0.796. The van der Waals surface area contributed by atoms with Gasteiger partial charge in [0.05, 0.1) is 13.2 Å². The van der Waals surface area contributed by atoms with E-state index < -0.39 is 6.10 Å². The van der Waals surface area contributed by atoms with Crippen LogP contribution < -0.4 is 10.5 Å². The second-order valence-electron chi connectivity index (χ2n) is 4.11. The molecule has 0 amide bonds. The minimum Gasteiger partial charge on any atom is -0.496 e. The van der Waals surface area contributed by atoms with Gasteiger partial charge in [0.2, 0.25) is 0 Å². The second-order valence-corrected chi connectivity index (χ2v) is 4.11. The molecule has 3 N–H and O–H groups in total. The number of aliphatic hydroxyl groups excluding tert-OH is 1. The SMILES string of the molecule is COc1ccc(CCC(O)CN)c(C)c1C. The number of hydrogen-bond acceptors (Lipinski definition) is 3. The zero-order chi connectivity index (χ0) is 12.1. The molecular formula is C13H21NO2. The van der Waals surface area contributed by atoms with Crippen molar-refractivity contribution in [1.29, 1.82) is 0 Å². The Kier molecular flexibility index (Phi) is 4.77. The van der Waals surface area contributed by atoms with Crippen LogP contribution in [0.5, 0.6) is 5.75 Å². The van der Waals surface area contributed by atoms with E-state index in [-0.39, 0.29) is 0 Å². The Morgan fingerprint density at radius 2 is 2.00 bits per heavy atom. The van der Waals surface area contributed by atoms with Crippen LogP contribution in [0, 0.1) is 13.8 Å². The van der Waals surface area contributed by atoms with Crippen LogP contribution in [-0.2, 0) is 6.42 Å². The average molecular weight is 223 g/mol. The normalized spacial score (nSPS) is 12.6. The van der Waals surface area contributed by atoms with E-state index in [4.69, 9.17) is 10.5 Å². The average Bonchev–Trinajstić information content (AvgIpc) is 2.30. The Morgan fingerprint density at radius 1 is 1.31 bits per heavy atom. The lowest BCUT2D eigenvalue weighted by molar-refractivity contribution is 0.173. The lowest BCUT2D eigenvalue weighted by Gasteiger charge is -2.13. The molecule has 1 atom stereocenters. The van der Waals surface area contributed by atoms with E-state index in [1.54, 1.807) is 7.11 Å². The van der Waals surface area contributed by atoms with E-state index in [2.05, 4.69) is 19.9 Å². The summed E-state index contributed by atoms with van der Waals surface area (Å²) in [7, 11) is 1.68. The largest absolute Gasteiger partial charge is 0.496 e. The van der Waals surface area contributed by atoms with Crippen molar-refractivity contribution in [3.8, 4) is 5.75 Å². The molecule has 0 fully saturated rings. The van der Waals surface area contributed by atoms with Crippen LogP contribution in [0.15, 0.2) is 12.1 Å². The molecule has 0 bridgehead atoms. The maximum absolute atomic E-state index is 9.43. The maximum Gasteiger partial charge on any atom is 0.122 e. The zero-order valence-corrected chi connectivity index (χ0v) is 10.3. The van der Waals surface area contributed by atoms with Crippen LogP contribution in [0.25, 0.3) is 0 Å². The fourth-order valence-electron chi connectivity index (χ4n) is 1.78. The van der Waals surface area contributed by atoms with Crippen molar-refractivity contribution >= 4 is 0 Å². The summed E-state index contributed by atoms with van der Waals surface area (Å²) in [4.78, 5) is 0. The molecule has 1 aromatic rings. The molecule has 16 heavy (non-hydrogen) atoms. The van der Waals surface area contributed by atoms with Crippen LogP contribution in [0.4, 0.5) is 0 Å². The van der Waals surface area contributed by atoms with Gasteiger partial charge in [0.25, 0.3) is 0 Å².